The van der Waals surface area contributed by atoms with Crippen LogP contribution in [0.2, 0.25) is 0 Å². The van der Waals surface area contributed by atoms with Gasteiger partial charge in [-0.05, 0) is 24.6 Å². The zero-order valence-electron chi connectivity index (χ0n) is 13.0. The van der Waals surface area contributed by atoms with Gasteiger partial charge in [0.25, 0.3) is 5.91 Å². The first-order valence-corrected chi connectivity index (χ1v) is 7.32. The third-order valence-corrected chi connectivity index (χ3v) is 3.70. The van der Waals surface area contributed by atoms with E-state index >= 15 is 0 Å². The van der Waals surface area contributed by atoms with E-state index in [4.69, 9.17) is 0 Å². The molecule has 1 N–H and O–H groups in total. The molecule has 0 radical (unpaired) electrons. The second-order valence-electron chi connectivity index (χ2n) is 5.58. The van der Waals surface area contributed by atoms with Gasteiger partial charge in [0.05, 0.1) is 29.7 Å². The molecule has 6 nitrogen and oxygen atoms in total. The molecule has 2 heterocycles. The second kappa shape index (κ2) is 6.15. The maximum Gasteiger partial charge on any atom is 0.416 e. The number of nitrogens with zero attached hydrogens (tertiary/aromatic N) is 3. The number of hydrogen-bond donors (Lipinski definition) is 1. The van der Waals surface area contributed by atoms with Gasteiger partial charge in [-0.1, -0.05) is 12.1 Å². The Hall–Kier alpha value is -2.97. The first-order valence-electron chi connectivity index (χ1n) is 7.32. The summed E-state index contributed by atoms with van der Waals surface area (Å²) in [6, 6.07) is 2.49. The average Bonchev–Trinajstić information content (AvgIpc) is 2.82. The molecule has 1 unspecified atom stereocenters. The number of imide groups is 1. The van der Waals surface area contributed by atoms with Gasteiger partial charge in [-0.2, -0.15) is 13.2 Å². The van der Waals surface area contributed by atoms with Gasteiger partial charge < -0.3 is 5.32 Å². The highest BCUT2D eigenvalue weighted by atomic mass is 19.4. The summed E-state index contributed by atoms with van der Waals surface area (Å²) in [6.07, 6.45) is -1.58. The van der Waals surface area contributed by atoms with Crippen molar-refractivity contribution in [2.75, 3.05) is 0 Å². The average molecular weight is 350 g/mol. The molecular weight excluding hydrogens is 337 g/mol. The number of alkyl halides is 3. The van der Waals surface area contributed by atoms with Crippen LogP contribution in [0.5, 0.6) is 0 Å². The molecule has 1 aromatic carbocycles. The Bertz CT molecular complexity index is 838. The van der Waals surface area contributed by atoms with Crippen molar-refractivity contribution in [2.45, 2.75) is 25.7 Å². The zero-order chi connectivity index (χ0) is 18.2. The highest BCUT2D eigenvalue weighted by Gasteiger charge is 2.40. The van der Waals surface area contributed by atoms with Crippen LogP contribution in [0.15, 0.2) is 36.7 Å². The minimum atomic E-state index is -4.53. The van der Waals surface area contributed by atoms with Crippen LogP contribution in [0.25, 0.3) is 0 Å². The zero-order valence-corrected chi connectivity index (χ0v) is 13.0. The van der Waals surface area contributed by atoms with Crippen molar-refractivity contribution >= 4 is 11.9 Å². The van der Waals surface area contributed by atoms with Crippen molar-refractivity contribution in [3.8, 4) is 0 Å². The SMILES string of the molecule is Cc1cncc(CN2C(=O)NC(c3cccc(C(F)(F)F)c3)C2=O)n1. The quantitative estimate of drug-likeness (QED) is 0.864. The Kier molecular flexibility index (Phi) is 4.15. The lowest BCUT2D eigenvalue weighted by Crippen LogP contribution is -2.30. The Morgan fingerprint density at radius 3 is 2.68 bits per heavy atom. The summed E-state index contributed by atoms with van der Waals surface area (Å²) in [5, 5.41) is 2.41. The lowest BCUT2D eigenvalue weighted by Gasteiger charge is -2.14. The topological polar surface area (TPSA) is 75.2 Å². The fourth-order valence-corrected chi connectivity index (χ4v) is 2.54. The van der Waals surface area contributed by atoms with Gasteiger partial charge in [-0.25, -0.2) is 4.79 Å². The number of hydrogen-bond acceptors (Lipinski definition) is 4. The van der Waals surface area contributed by atoms with E-state index in [0.717, 1.165) is 17.0 Å². The summed E-state index contributed by atoms with van der Waals surface area (Å²) in [7, 11) is 0. The lowest BCUT2D eigenvalue weighted by atomic mass is 10.0. The predicted molar refractivity (Wildman–Crippen MR) is 80.0 cm³/mol. The van der Waals surface area contributed by atoms with Crippen molar-refractivity contribution < 1.29 is 22.8 Å². The smallest absolute Gasteiger partial charge is 0.322 e. The maximum atomic E-state index is 12.8. The van der Waals surface area contributed by atoms with E-state index in [1.54, 1.807) is 6.92 Å². The normalized spacial score (nSPS) is 17.8. The number of amides is 3. The number of rotatable bonds is 3. The third-order valence-electron chi connectivity index (χ3n) is 3.70. The van der Waals surface area contributed by atoms with E-state index < -0.39 is 29.7 Å². The van der Waals surface area contributed by atoms with Gasteiger partial charge in [0.15, 0.2) is 0 Å². The summed E-state index contributed by atoms with van der Waals surface area (Å²) in [6.45, 7) is 1.61. The number of carbonyl (C=O) groups is 2. The number of carbonyl (C=O) groups excluding carboxylic acids is 2. The van der Waals surface area contributed by atoms with Gasteiger partial charge in [0.1, 0.15) is 6.04 Å². The Balaban J connectivity index is 1.84. The fraction of sp³-hybridized carbons (Fsp3) is 0.250. The molecule has 2 aromatic rings. The maximum absolute atomic E-state index is 12.8. The summed E-state index contributed by atoms with van der Waals surface area (Å²) < 4.78 is 38.5. The largest absolute Gasteiger partial charge is 0.416 e. The number of benzene rings is 1. The molecule has 0 spiro atoms. The molecule has 1 aromatic heterocycles. The van der Waals surface area contributed by atoms with Gasteiger partial charge in [-0.15, -0.1) is 0 Å². The first-order chi connectivity index (χ1) is 11.8. The molecule has 1 saturated heterocycles. The Morgan fingerprint density at radius 1 is 1.24 bits per heavy atom. The molecule has 1 fully saturated rings. The second-order valence-corrected chi connectivity index (χ2v) is 5.58. The molecule has 1 atom stereocenters. The number of nitrogens with one attached hydrogen (secondary N) is 1. The molecule has 3 amide bonds. The summed E-state index contributed by atoms with van der Waals surface area (Å²) in [4.78, 5) is 33.6. The van der Waals surface area contributed by atoms with Crippen molar-refractivity contribution in [1.82, 2.24) is 20.2 Å². The van der Waals surface area contributed by atoms with Crippen molar-refractivity contribution in [1.29, 1.82) is 0 Å². The number of aryl methyl sites for hydroxylation is 1. The first kappa shape index (κ1) is 16.9. The molecular formula is C16H13F3N4O2. The molecule has 1 aliphatic heterocycles. The summed E-state index contributed by atoms with van der Waals surface area (Å²) in [5.41, 5.74) is 0.230. The van der Waals surface area contributed by atoms with Gasteiger partial charge >= 0.3 is 12.2 Å². The fourth-order valence-electron chi connectivity index (χ4n) is 2.54. The molecule has 3 rings (SSSR count). The molecule has 0 aliphatic carbocycles. The van der Waals surface area contributed by atoms with Crippen LogP contribution in [0.1, 0.15) is 28.6 Å². The van der Waals surface area contributed by atoms with Crippen LogP contribution < -0.4 is 5.32 Å². The molecule has 1 aliphatic rings. The highest BCUT2D eigenvalue weighted by Crippen LogP contribution is 2.32. The van der Waals surface area contributed by atoms with E-state index in [9.17, 15) is 22.8 Å². The van der Waals surface area contributed by atoms with Crippen molar-refractivity contribution in [3.05, 3.63) is 59.2 Å². The van der Waals surface area contributed by atoms with Crippen molar-refractivity contribution in [2.24, 2.45) is 0 Å². The van der Waals surface area contributed by atoms with Crippen LogP contribution in [0.4, 0.5) is 18.0 Å². The molecule has 25 heavy (non-hydrogen) atoms. The summed E-state index contributed by atoms with van der Waals surface area (Å²) >= 11 is 0. The van der Waals surface area contributed by atoms with E-state index in [-0.39, 0.29) is 12.1 Å². The Labute approximate surface area is 140 Å². The minimum Gasteiger partial charge on any atom is -0.322 e. The van der Waals surface area contributed by atoms with Gasteiger partial charge in [-0.3, -0.25) is 19.7 Å². The van der Waals surface area contributed by atoms with E-state index in [2.05, 4.69) is 15.3 Å². The molecule has 130 valence electrons. The van der Waals surface area contributed by atoms with Crippen LogP contribution >= 0.6 is 0 Å². The van der Waals surface area contributed by atoms with Gasteiger partial charge in [0.2, 0.25) is 0 Å². The lowest BCUT2D eigenvalue weighted by molar-refractivity contribution is -0.137. The van der Waals surface area contributed by atoms with Crippen LogP contribution in [0, 0.1) is 6.92 Å². The summed E-state index contributed by atoms with van der Waals surface area (Å²) in [5.74, 6) is -0.632. The number of aromatic nitrogens is 2. The van der Waals surface area contributed by atoms with Crippen LogP contribution in [-0.4, -0.2) is 26.8 Å². The molecule has 0 saturated carbocycles. The molecule has 0 bridgehead atoms. The minimum absolute atomic E-state index is 0.0750. The highest BCUT2D eigenvalue weighted by molar-refractivity contribution is 6.04. The predicted octanol–water partition coefficient (Wildman–Crippen LogP) is 2.60. The van der Waals surface area contributed by atoms with E-state index in [1.165, 1.54) is 24.5 Å². The van der Waals surface area contributed by atoms with Crippen LogP contribution in [-0.2, 0) is 17.5 Å². The standard InChI is InChI=1S/C16H13F3N4O2/c1-9-6-20-7-12(21-9)8-23-14(24)13(22-15(23)25)10-3-2-4-11(5-10)16(17,18)19/h2-7,13H,8H2,1H3,(H,22,25). The molecule has 9 heteroatoms. The Morgan fingerprint density at radius 2 is 2.00 bits per heavy atom. The monoisotopic (exact) mass is 350 g/mol. The van der Waals surface area contributed by atoms with Crippen molar-refractivity contribution in [3.63, 3.8) is 0 Å². The van der Waals surface area contributed by atoms with Crippen LogP contribution in [0.3, 0.4) is 0 Å². The number of halogens is 3. The third kappa shape index (κ3) is 3.44. The number of urea groups is 1. The van der Waals surface area contributed by atoms with E-state index in [0.29, 0.717) is 11.4 Å². The van der Waals surface area contributed by atoms with E-state index in [1.807, 2.05) is 0 Å². The van der Waals surface area contributed by atoms with Gasteiger partial charge in [0, 0.05) is 6.20 Å².